The number of carbonyl (C=O) groups excluding carboxylic acids is 2. The maximum atomic E-state index is 12.3. The summed E-state index contributed by atoms with van der Waals surface area (Å²) in [6.45, 7) is 2.56. The number of hydrogen-bond donors (Lipinski definition) is 2. The van der Waals surface area contributed by atoms with Gasteiger partial charge in [0.15, 0.2) is 0 Å². The Morgan fingerprint density at radius 2 is 1.60 bits per heavy atom. The molecular formula is C24H31NO5. The van der Waals surface area contributed by atoms with Crippen molar-refractivity contribution in [2.45, 2.75) is 57.8 Å². The van der Waals surface area contributed by atoms with Crippen LogP contribution in [-0.2, 0) is 27.3 Å². The molecular weight excluding hydrogens is 382 g/mol. The molecule has 162 valence electrons. The largest absolute Gasteiger partial charge is 0.466 e. The quantitative estimate of drug-likeness (QED) is 0.406. The van der Waals surface area contributed by atoms with Crippen LogP contribution >= 0.6 is 0 Å². The number of nitrogens with one attached hydrogen (secondary N) is 1. The fraction of sp³-hybridized carbons (Fsp3) is 0.417. The lowest BCUT2D eigenvalue weighted by Gasteiger charge is -2.24. The van der Waals surface area contributed by atoms with Crippen molar-refractivity contribution >= 4 is 12.1 Å². The number of esters is 1. The fourth-order valence-electron chi connectivity index (χ4n) is 2.94. The highest BCUT2D eigenvalue weighted by atomic mass is 16.5. The molecule has 2 aromatic rings. The molecule has 0 spiro atoms. The SMILES string of the molecule is CCCCOC(=O)CC[C@H](O)[C@H](Cc1ccccc1)NC(=O)OCc1ccccc1. The molecule has 0 aliphatic carbocycles. The Bertz CT molecular complexity index is 751. The maximum Gasteiger partial charge on any atom is 0.407 e. The number of rotatable bonds is 12. The van der Waals surface area contributed by atoms with Crippen LogP contribution in [0.4, 0.5) is 4.79 Å². The summed E-state index contributed by atoms with van der Waals surface area (Å²) in [6, 6.07) is 18.4. The van der Waals surface area contributed by atoms with E-state index in [0.29, 0.717) is 13.0 Å². The molecule has 2 N–H and O–H groups in total. The van der Waals surface area contributed by atoms with Crippen LogP contribution in [0.1, 0.15) is 43.7 Å². The highest BCUT2D eigenvalue weighted by molar-refractivity contribution is 5.69. The molecule has 2 atom stereocenters. The van der Waals surface area contributed by atoms with Crippen LogP contribution in [-0.4, -0.2) is 35.9 Å². The second-order valence-corrected chi connectivity index (χ2v) is 7.18. The summed E-state index contributed by atoms with van der Waals surface area (Å²) in [4.78, 5) is 24.1. The van der Waals surface area contributed by atoms with E-state index in [9.17, 15) is 14.7 Å². The average molecular weight is 414 g/mol. The summed E-state index contributed by atoms with van der Waals surface area (Å²) >= 11 is 0. The summed E-state index contributed by atoms with van der Waals surface area (Å²) in [5.74, 6) is -0.340. The van der Waals surface area contributed by atoms with Crippen LogP contribution in [0.2, 0.25) is 0 Å². The molecule has 0 aliphatic rings. The number of alkyl carbamates (subject to hydrolysis) is 1. The third-order valence-corrected chi connectivity index (χ3v) is 4.68. The Kier molecular flexibility index (Phi) is 10.4. The van der Waals surface area contributed by atoms with Crippen LogP contribution < -0.4 is 5.32 Å². The van der Waals surface area contributed by atoms with Crippen molar-refractivity contribution in [2.75, 3.05) is 6.61 Å². The number of hydrogen-bond acceptors (Lipinski definition) is 5. The lowest BCUT2D eigenvalue weighted by atomic mass is 9.98. The van der Waals surface area contributed by atoms with Gasteiger partial charge in [-0.1, -0.05) is 74.0 Å². The molecule has 0 heterocycles. The van der Waals surface area contributed by atoms with E-state index < -0.39 is 18.2 Å². The Morgan fingerprint density at radius 1 is 0.967 bits per heavy atom. The molecule has 30 heavy (non-hydrogen) atoms. The van der Waals surface area contributed by atoms with Gasteiger partial charge in [-0.3, -0.25) is 4.79 Å². The number of benzene rings is 2. The lowest BCUT2D eigenvalue weighted by Crippen LogP contribution is -2.45. The molecule has 2 rings (SSSR count). The molecule has 0 saturated carbocycles. The topological polar surface area (TPSA) is 84.9 Å². The molecule has 2 aromatic carbocycles. The van der Waals surface area contributed by atoms with E-state index in [2.05, 4.69) is 5.32 Å². The van der Waals surface area contributed by atoms with Crippen molar-refractivity contribution < 1.29 is 24.2 Å². The van der Waals surface area contributed by atoms with Gasteiger partial charge in [-0.25, -0.2) is 4.79 Å². The van der Waals surface area contributed by atoms with Gasteiger partial charge in [-0.2, -0.15) is 0 Å². The minimum absolute atomic E-state index is 0.0942. The molecule has 0 unspecified atom stereocenters. The van der Waals surface area contributed by atoms with Crippen molar-refractivity contribution in [1.82, 2.24) is 5.32 Å². The first kappa shape index (κ1) is 23.4. The van der Waals surface area contributed by atoms with E-state index in [1.54, 1.807) is 0 Å². The zero-order chi connectivity index (χ0) is 21.6. The van der Waals surface area contributed by atoms with Gasteiger partial charge in [0.1, 0.15) is 6.61 Å². The molecule has 0 aliphatic heterocycles. The number of aliphatic hydroxyl groups is 1. The summed E-state index contributed by atoms with van der Waals surface area (Å²) < 4.78 is 10.4. The molecule has 0 fully saturated rings. The standard InChI is InChI=1S/C24H31NO5/c1-2-3-16-29-23(27)15-14-22(26)21(17-19-10-6-4-7-11-19)25-24(28)30-18-20-12-8-5-9-13-20/h4-13,21-22,26H,2-3,14-18H2,1H3,(H,25,28)/t21-,22-/m0/s1. The minimum atomic E-state index is -0.909. The van der Waals surface area contributed by atoms with Gasteiger partial charge in [0.2, 0.25) is 0 Å². The molecule has 0 saturated heterocycles. The van der Waals surface area contributed by atoms with Gasteiger partial charge in [-0.05, 0) is 30.4 Å². The molecule has 0 radical (unpaired) electrons. The van der Waals surface area contributed by atoms with Crippen LogP contribution in [0.3, 0.4) is 0 Å². The van der Waals surface area contributed by atoms with E-state index >= 15 is 0 Å². The Balaban J connectivity index is 1.90. The third-order valence-electron chi connectivity index (χ3n) is 4.68. The van der Waals surface area contributed by atoms with Crippen LogP contribution in [0.25, 0.3) is 0 Å². The first-order valence-corrected chi connectivity index (χ1v) is 10.4. The number of unbranched alkanes of at least 4 members (excludes halogenated alkanes) is 1. The summed E-state index contributed by atoms with van der Waals surface area (Å²) in [5, 5.41) is 13.4. The molecule has 0 bridgehead atoms. The van der Waals surface area contributed by atoms with Crippen LogP contribution in [0.15, 0.2) is 60.7 Å². The predicted octanol–water partition coefficient (Wildman–Crippen LogP) is 4.01. The third kappa shape index (κ3) is 9.09. The Labute approximate surface area is 178 Å². The second kappa shape index (κ2) is 13.4. The molecule has 1 amide bonds. The predicted molar refractivity (Wildman–Crippen MR) is 115 cm³/mol. The molecule has 0 aromatic heterocycles. The van der Waals surface area contributed by atoms with Gasteiger partial charge in [0.25, 0.3) is 0 Å². The second-order valence-electron chi connectivity index (χ2n) is 7.18. The van der Waals surface area contributed by atoms with Gasteiger partial charge < -0.3 is 19.9 Å². The average Bonchev–Trinajstić information content (AvgIpc) is 2.77. The Morgan fingerprint density at radius 3 is 2.23 bits per heavy atom. The first-order chi connectivity index (χ1) is 14.6. The van der Waals surface area contributed by atoms with E-state index in [-0.39, 0.29) is 25.4 Å². The minimum Gasteiger partial charge on any atom is -0.466 e. The van der Waals surface area contributed by atoms with Crippen molar-refractivity contribution in [3.8, 4) is 0 Å². The smallest absolute Gasteiger partial charge is 0.407 e. The van der Waals surface area contributed by atoms with E-state index in [1.807, 2.05) is 67.6 Å². The maximum absolute atomic E-state index is 12.3. The highest BCUT2D eigenvalue weighted by Gasteiger charge is 2.23. The van der Waals surface area contributed by atoms with Gasteiger partial charge in [0, 0.05) is 6.42 Å². The van der Waals surface area contributed by atoms with Crippen molar-refractivity contribution in [2.24, 2.45) is 0 Å². The summed E-state index contributed by atoms with van der Waals surface area (Å²) in [7, 11) is 0. The van der Waals surface area contributed by atoms with Gasteiger partial charge in [-0.15, -0.1) is 0 Å². The van der Waals surface area contributed by atoms with Crippen molar-refractivity contribution in [1.29, 1.82) is 0 Å². The number of amides is 1. The summed E-state index contributed by atoms with van der Waals surface area (Å²) in [5.41, 5.74) is 1.85. The Hall–Kier alpha value is -2.86. The van der Waals surface area contributed by atoms with Gasteiger partial charge in [0.05, 0.1) is 18.8 Å². The molecule has 6 nitrogen and oxygen atoms in total. The molecule has 6 heteroatoms. The lowest BCUT2D eigenvalue weighted by molar-refractivity contribution is -0.144. The monoisotopic (exact) mass is 413 g/mol. The normalized spacial score (nSPS) is 12.6. The van der Waals surface area contributed by atoms with E-state index in [1.165, 1.54) is 0 Å². The number of carbonyl (C=O) groups is 2. The number of aliphatic hydroxyl groups excluding tert-OH is 1. The first-order valence-electron chi connectivity index (χ1n) is 10.4. The zero-order valence-corrected chi connectivity index (χ0v) is 17.5. The summed E-state index contributed by atoms with van der Waals surface area (Å²) in [6.07, 6.45) is 0.965. The van der Waals surface area contributed by atoms with Crippen LogP contribution in [0, 0.1) is 0 Å². The zero-order valence-electron chi connectivity index (χ0n) is 17.5. The van der Waals surface area contributed by atoms with Crippen molar-refractivity contribution in [3.05, 3.63) is 71.8 Å². The van der Waals surface area contributed by atoms with Crippen LogP contribution in [0.5, 0.6) is 0 Å². The van der Waals surface area contributed by atoms with Gasteiger partial charge >= 0.3 is 12.1 Å². The fourth-order valence-corrected chi connectivity index (χ4v) is 2.94. The van der Waals surface area contributed by atoms with E-state index in [0.717, 1.165) is 24.0 Å². The van der Waals surface area contributed by atoms with Crippen molar-refractivity contribution in [3.63, 3.8) is 0 Å². The number of ether oxygens (including phenoxy) is 2. The highest BCUT2D eigenvalue weighted by Crippen LogP contribution is 2.12. The van der Waals surface area contributed by atoms with E-state index in [4.69, 9.17) is 9.47 Å².